The maximum absolute atomic E-state index is 2.40. The van der Waals surface area contributed by atoms with Gasteiger partial charge < -0.3 is 4.57 Å². The summed E-state index contributed by atoms with van der Waals surface area (Å²) in [6, 6.07) is 30.4. The van der Waals surface area contributed by atoms with E-state index in [0.717, 1.165) is 0 Å². The van der Waals surface area contributed by atoms with E-state index in [9.17, 15) is 0 Å². The maximum atomic E-state index is 2.40. The summed E-state index contributed by atoms with van der Waals surface area (Å²) in [5.74, 6) is 0. The fraction of sp³-hybridized carbons (Fsp3) is 0.120. The Morgan fingerprint density at radius 1 is 0.577 bits per heavy atom. The topological polar surface area (TPSA) is 4.93 Å². The highest BCUT2D eigenvalue weighted by Crippen LogP contribution is 2.37. The van der Waals surface area contributed by atoms with Crippen molar-refractivity contribution in [3.63, 3.8) is 0 Å². The molecule has 0 atom stereocenters. The average Bonchev–Trinajstić information content (AvgIpc) is 3.05. The van der Waals surface area contributed by atoms with Crippen LogP contribution in [0.15, 0.2) is 84.9 Å². The number of hydrogen-bond donors (Lipinski definition) is 0. The van der Waals surface area contributed by atoms with Crippen LogP contribution >= 0.6 is 0 Å². The van der Waals surface area contributed by atoms with Crippen molar-refractivity contribution in [1.29, 1.82) is 0 Å². The predicted molar refractivity (Wildman–Crippen MR) is 114 cm³/mol. The molecule has 0 spiro atoms. The minimum Gasteiger partial charge on any atom is -0.309 e. The number of aromatic nitrogens is 1. The molecule has 1 heterocycles. The van der Waals surface area contributed by atoms with E-state index in [1.165, 1.54) is 43.8 Å². The lowest BCUT2D eigenvalue weighted by Gasteiger charge is -2.10. The fourth-order valence-electron chi connectivity index (χ4n) is 3.85. The van der Waals surface area contributed by atoms with Crippen LogP contribution < -0.4 is 0 Å². The van der Waals surface area contributed by atoms with Crippen molar-refractivity contribution < 1.29 is 0 Å². The van der Waals surface area contributed by atoms with Crippen molar-refractivity contribution in [1.82, 2.24) is 4.57 Å². The second-order valence-corrected chi connectivity index (χ2v) is 6.32. The van der Waals surface area contributed by atoms with Crippen molar-refractivity contribution in [3.8, 4) is 5.69 Å². The lowest BCUT2D eigenvalue weighted by molar-refractivity contribution is 1.19. The third kappa shape index (κ3) is 2.40. The van der Waals surface area contributed by atoms with Crippen LogP contribution in [0.3, 0.4) is 0 Å². The molecule has 1 aromatic heterocycles. The van der Waals surface area contributed by atoms with Crippen LogP contribution in [0.5, 0.6) is 0 Å². The highest BCUT2D eigenvalue weighted by atomic mass is 15.0. The highest BCUT2D eigenvalue weighted by molar-refractivity contribution is 6.19. The van der Waals surface area contributed by atoms with Gasteiger partial charge in [0, 0.05) is 21.8 Å². The Morgan fingerprint density at radius 3 is 1.88 bits per heavy atom. The monoisotopic (exact) mass is 337 g/mol. The molecule has 0 saturated heterocycles. The predicted octanol–water partition coefficient (Wildman–Crippen LogP) is 7.27. The van der Waals surface area contributed by atoms with Gasteiger partial charge in [-0.2, -0.15) is 0 Å². The molecule has 0 saturated carbocycles. The van der Waals surface area contributed by atoms with Gasteiger partial charge in [-0.15, -0.1) is 0 Å². The van der Waals surface area contributed by atoms with Gasteiger partial charge in [0.25, 0.3) is 0 Å². The normalized spacial score (nSPS) is 10.9. The molecule has 0 aliphatic carbocycles. The van der Waals surface area contributed by atoms with E-state index < -0.39 is 0 Å². The van der Waals surface area contributed by atoms with E-state index in [1.807, 2.05) is 13.8 Å². The Bertz CT molecular complexity index is 1200. The van der Waals surface area contributed by atoms with Crippen LogP contribution in [0.1, 0.15) is 19.4 Å². The van der Waals surface area contributed by atoms with E-state index in [0.29, 0.717) is 0 Å². The molecule has 0 fully saturated rings. The van der Waals surface area contributed by atoms with E-state index in [2.05, 4.69) is 96.4 Å². The molecule has 0 radical (unpaired) electrons. The average molecular weight is 337 g/mol. The number of para-hydroxylation sites is 2. The second-order valence-electron chi connectivity index (χ2n) is 6.32. The zero-order chi connectivity index (χ0) is 18.1. The molecular formula is C25H23N. The lowest BCUT2D eigenvalue weighted by atomic mass is 10.0. The van der Waals surface area contributed by atoms with E-state index >= 15 is 0 Å². The number of fused-ring (bicyclic) bond motifs is 5. The van der Waals surface area contributed by atoms with Crippen LogP contribution in [0, 0.1) is 6.92 Å². The van der Waals surface area contributed by atoms with Crippen LogP contribution in [0.2, 0.25) is 0 Å². The first kappa shape index (κ1) is 16.4. The van der Waals surface area contributed by atoms with Crippen LogP contribution in [-0.4, -0.2) is 4.57 Å². The summed E-state index contributed by atoms with van der Waals surface area (Å²) in [4.78, 5) is 0. The lowest BCUT2D eigenvalue weighted by Crippen LogP contribution is -1.94. The van der Waals surface area contributed by atoms with Gasteiger partial charge in [-0.3, -0.25) is 0 Å². The van der Waals surface area contributed by atoms with Gasteiger partial charge in [0.1, 0.15) is 0 Å². The van der Waals surface area contributed by atoms with Gasteiger partial charge in [-0.05, 0) is 42.1 Å². The third-order valence-electron chi connectivity index (χ3n) is 4.90. The summed E-state index contributed by atoms with van der Waals surface area (Å²) in [6.07, 6.45) is 0. The number of hydrogen-bond acceptors (Lipinski definition) is 0. The third-order valence-corrected chi connectivity index (χ3v) is 4.90. The van der Waals surface area contributed by atoms with Crippen LogP contribution in [-0.2, 0) is 0 Å². The van der Waals surface area contributed by atoms with E-state index in [4.69, 9.17) is 0 Å². The quantitative estimate of drug-likeness (QED) is 0.303. The largest absolute Gasteiger partial charge is 0.309 e. The Morgan fingerprint density at radius 2 is 1.15 bits per heavy atom. The molecule has 4 aromatic carbocycles. The Labute approximate surface area is 154 Å². The highest BCUT2D eigenvalue weighted by Gasteiger charge is 2.15. The van der Waals surface area contributed by atoms with Gasteiger partial charge in [0.05, 0.1) is 11.0 Å². The first-order valence-electron chi connectivity index (χ1n) is 9.31. The molecular weight excluding hydrogens is 314 g/mol. The van der Waals surface area contributed by atoms with E-state index in [1.54, 1.807) is 0 Å². The number of nitrogens with zero attached hydrogens (tertiary/aromatic N) is 1. The molecule has 0 aliphatic rings. The summed E-state index contributed by atoms with van der Waals surface area (Å²) >= 11 is 0. The second kappa shape index (κ2) is 6.68. The van der Waals surface area contributed by atoms with E-state index in [-0.39, 0.29) is 0 Å². The molecule has 5 rings (SSSR count). The summed E-state index contributed by atoms with van der Waals surface area (Å²) in [7, 11) is 0. The molecule has 26 heavy (non-hydrogen) atoms. The first-order valence-corrected chi connectivity index (χ1v) is 9.31. The van der Waals surface area contributed by atoms with Crippen molar-refractivity contribution in [2.45, 2.75) is 20.8 Å². The van der Waals surface area contributed by atoms with Gasteiger partial charge >= 0.3 is 0 Å². The fourth-order valence-corrected chi connectivity index (χ4v) is 3.85. The van der Waals surface area contributed by atoms with Crippen LogP contribution in [0.25, 0.3) is 38.3 Å². The molecule has 128 valence electrons. The van der Waals surface area contributed by atoms with Gasteiger partial charge in [-0.25, -0.2) is 0 Å². The first-order chi connectivity index (χ1) is 12.8. The number of benzene rings is 4. The van der Waals surface area contributed by atoms with Gasteiger partial charge in [0.15, 0.2) is 0 Å². The van der Waals surface area contributed by atoms with Crippen molar-refractivity contribution in [2.75, 3.05) is 0 Å². The maximum Gasteiger partial charge on any atom is 0.0619 e. The Kier molecular flexibility index (Phi) is 4.22. The Balaban J connectivity index is 0.000000814. The molecule has 0 aliphatic heterocycles. The zero-order valence-corrected chi connectivity index (χ0v) is 15.5. The molecule has 0 bridgehead atoms. The van der Waals surface area contributed by atoms with Gasteiger partial charge in [0.2, 0.25) is 0 Å². The number of aryl methyl sites for hydroxylation is 1. The van der Waals surface area contributed by atoms with Crippen molar-refractivity contribution in [3.05, 3.63) is 90.5 Å². The summed E-state index contributed by atoms with van der Waals surface area (Å²) in [5, 5.41) is 5.27. The summed E-state index contributed by atoms with van der Waals surface area (Å²) < 4.78 is 2.40. The van der Waals surface area contributed by atoms with Crippen LogP contribution in [0.4, 0.5) is 0 Å². The molecule has 1 nitrogen and oxygen atoms in total. The zero-order valence-electron chi connectivity index (χ0n) is 15.5. The molecule has 0 unspecified atom stereocenters. The smallest absolute Gasteiger partial charge is 0.0619 e. The molecule has 1 heteroatoms. The minimum absolute atomic E-state index is 1.21. The SMILES string of the molecule is CC.Cc1cc2c3ccccc3n(-c3ccccc3)c2c2ccccc12. The molecule has 5 aromatic rings. The van der Waals surface area contributed by atoms with Gasteiger partial charge in [-0.1, -0.05) is 74.5 Å². The standard InChI is InChI=1S/C23H17N.C2H6/c1-16-15-21-19-12-7-8-14-22(19)24(17-9-3-2-4-10-17)23(21)20-13-6-5-11-18(16)20;1-2/h2-15H,1H3;1-2H3. The molecule has 0 amide bonds. The summed E-state index contributed by atoms with van der Waals surface area (Å²) in [5.41, 5.74) is 5.09. The Hall–Kier alpha value is -3.06. The molecule has 0 N–H and O–H groups in total. The minimum atomic E-state index is 1.21. The van der Waals surface area contributed by atoms with Crippen molar-refractivity contribution >= 4 is 32.6 Å². The number of rotatable bonds is 1. The summed E-state index contributed by atoms with van der Waals surface area (Å²) in [6.45, 7) is 6.20. The van der Waals surface area contributed by atoms with Crippen molar-refractivity contribution in [2.24, 2.45) is 0 Å².